The molecule has 7 nitrogen and oxygen atoms in total. The van der Waals surface area contributed by atoms with Gasteiger partial charge in [-0.05, 0) is 18.9 Å². The van der Waals surface area contributed by atoms with Gasteiger partial charge in [-0.25, -0.2) is 8.42 Å². The van der Waals surface area contributed by atoms with Gasteiger partial charge in [0.05, 0.1) is 30.5 Å². The van der Waals surface area contributed by atoms with E-state index in [9.17, 15) is 23.1 Å². The van der Waals surface area contributed by atoms with Gasteiger partial charge in [0.25, 0.3) is 5.69 Å². The van der Waals surface area contributed by atoms with Crippen molar-refractivity contribution in [2.45, 2.75) is 121 Å². The van der Waals surface area contributed by atoms with Crippen LogP contribution in [0.4, 0.5) is 5.69 Å². The van der Waals surface area contributed by atoms with E-state index in [0.29, 0.717) is 0 Å². The third-order valence-electron chi connectivity index (χ3n) is 7.39. The standard InChI is InChI=1S/C27H50N.C6H5NO5S/c1-4-5-6-7-8-9-10-11-12-13-14-15-16-17-18-22-25-28(2,3)26-27-23-20-19-21-24-27;8-7(9)5-2-1-3-6(4-5)13(10,11)12/h19-21,23-24H,4-18,22,25-26H2,1-3H3;1-4H,(H,10,11,12)/q+1;/p-1. The highest BCUT2D eigenvalue weighted by Crippen LogP contribution is 2.17. The van der Waals surface area contributed by atoms with Crippen molar-refractivity contribution in [3.63, 3.8) is 0 Å². The Bertz CT molecular complexity index is 1060. The summed E-state index contributed by atoms with van der Waals surface area (Å²) in [6.45, 7) is 4.75. The summed E-state index contributed by atoms with van der Waals surface area (Å²) in [4.78, 5) is 8.82. The third kappa shape index (κ3) is 19.5. The predicted molar refractivity (Wildman–Crippen MR) is 168 cm³/mol. The Kier molecular flexibility index (Phi) is 19.2. The molecule has 0 radical (unpaired) electrons. The molecule has 2 aromatic rings. The van der Waals surface area contributed by atoms with Gasteiger partial charge in [0.15, 0.2) is 0 Å². The maximum Gasteiger partial charge on any atom is 0.270 e. The third-order valence-corrected chi connectivity index (χ3v) is 8.22. The number of nitro groups is 1. The first-order valence-corrected chi connectivity index (χ1v) is 17.0. The first-order valence-electron chi connectivity index (χ1n) is 15.6. The van der Waals surface area contributed by atoms with Crippen LogP contribution in [0.1, 0.15) is 115 Å². The van der Waals surface area contributed by atoms with Gasteiger partial charge in [-0.3, -0.25) is 10.1 Å². The largest absolute Gasteiger partial charge is 0.744 e. The molecule has 0 bridgehead atoms. The summed E-state index contributed by atoms with van der Waals surface area (Å²) in [5.41, 5.74) is 1.04. The van der Waals surface area contributed by atoms with Gasteiger partial charge in [-0.1, -0.05) is 133 Å². The highest BCUT2D eigenvalue weighted by molar-refractivity contribution is 7.85. The van der Waals surface area contributed by atoms with Crippen LogP contribution in [-0.4, -0.2) is 43.0 Å². The van der Waals surface area contributed by atoms with Crippen LogP contribution in [0.3, 0.4) is 0 Å². The number of quaternary nitrogens is 1. The van der Waals surface area contributed by atoms with E-state index in [0.717, 1.165) is 35.3 Å². The molecule has 0 aliphatic heterocycles. The Morgan fingerprint density at radius 2 is 1.15 bits per heavy atom. The topological polar surface area (TPSA) is 100 Å². The maximum atomic E-state index is 10.4. The quantitative estimate of drug-likeness (QED) is 0.0475. The zero-order valence-electron chi connectivity index (χ0n) is 25.8. The van der Waals surface area contributed by atoms with Gasteiger partial charge in [-0.2, -0.15) is 0 Å². The molecule has 232 valence electrons. The minimum atomic E-state index is -4.61. The molecule has 0 saturated heterocycles. The van der Waals surface area contributed by atoms with Crippen molar-refractivity contribution in [2.24, 2.45) is 0 Å². The van der Waals surface area contributed by atoms with Crippen molar-refractivity contribution in [1.29, 1.82) is 0 Å². The van der Waals surface area contributed by atoms with Gasteiger partial charge in [-0.15, -0.1) is 0 Å². The molecule has 0 heterocycles. The Balaban J connectivity index is 0.000000537. The van der Waals surface area contributed by atoms with Crippen molar-refractivity contribution >= 4 is 15.8 Å². The summed E-state index contributed by atoms with van der Waals surface area (Å²) in [5, 5.41) is 10.2. The number of non-ortho nitro benzene ring substituents is 1. The summed E-state index contributed by atoms with van der Waals surface area (Å²) >= 11 is 0. The lowest BCUT2D eigenvalue weighted by molar-refractivity contribution is -0.903. The molecule has 0 atom stereocenters. The number of nitro benzene ring substituents is 1. The van der Waals surface area contributed by atoms with Crippen LogP contribution in [0.5, 0.6) is 0 Å². The second kappa shape index (κ2) is 21.4. The average Bonchev–Trinajstić information content (AvgIpc) is 2.93. The van der Waals surface area contributed by atoms with Crippen LogP contribution in [0.2, 0.25) is 0 Å². The van der Waals surface area contributed by atoms with Crippen LogP contribution in [-0.2, 0) is 16.7 Å². The Morgan fingerprint density at radius 1 is 0.683 bits per heavy atom. The molecular weight excluding hydrogens is 536 g/mol. The van der Waals surface area contributed by atoms with Crippen LogP contribution < -0.4 is 0 Å². The summed E-state index contributed by atoms with van der Waals surface area (Å²) in [6.07, 6.45) is 23.2. The molecule has 0 fully saturated rings. The van der Waals surface area contributed by atoms with E-state index in [-0.39, 0.29) is 0 Å². The summed E-state index contributed by atoms with van der Waals surface area (Å²) in [7, 11) is 0.133. The minimum absolute atomic E-state index is 0.420. The first-order chi connectivity index (χ1) is 19.5. The van der Waals surface area contributed by atoms with E-state index in [4.69, 9.17) is 0 Å². The molecule has 0 N–H and O–H groups in total. The number of unbranched alkanes of at least 4 members (excludes halogenated alkanes) is 15. The lowest BCUT2D eigenvalue weighted by atomic mass is 10.0. The summed E-state index contributed by atoms with van der Waals surface area (Å²) < 4.78 is 32.4. The molecule has 41 heavy (non-hydrogen) atoms. The molecule has 0 spiro atoms. The second-order valence-electron chi connectivity index (χ2n) is 11.8. The van der Waals surface area contributed by atoms with E-state index in [1.807, 2.05) is 0 Å². The SMILES string of the molecule is CCCCCCCCCCCCCCCCCC[N+](C)(C)Cc1ccccc1.O=[N+]([O-])c1cccc(S(=O)(=O)[O-])c1. The van der Waals surface area contributed by atoms with Gasteiger partial charge < -0.3 is 9.04 Å². The van der Waals surface area contributed by atoms with E-state index in [1.165, 1.54) is 115 Å². The fourth-order valence-electron chi connectivity index (χ4n) is 5.00. The molecule has 0 saturated carbocycles. The van der Waals surface area contributed by atoms with Crippen LogP contribution in [0.25, 0.3) is 0 Å². The molecule has 0 unspecified atom stereocenters. The van der Waals surface area contributed by atoms with Crippen molar-refractivity contribution in [3.05, 3.63) is 70.3 Å². The van der Waals surface area contributed by atoms with E-state index < -0.39 is 25.6 Å². The van der Waals surface area contributed by atoms with Crippen LogP contribution >= 0.6 is 0 Å². The van der Waals surface area contributed by atoms with Crippen LogP contribution in [0, 0.1) is 10.1 Å². The monoisotopic (exact) mass is 590 g/mol. The molecule has 8 heteroatoms. The van der Waals surface area contributed by atoms with Crippen LogP contribution in [0.15, 0.2) is 59.5 Å². The molecule has 0 aliphatic rings. The lowest BCUT2D eigenvalue weighted by Crippen LogP contribution is -2.39. The van der Waals surface area contributed by atoms with E-state index in [1.54, 1.807) is 0 Å². The Morgan fingerprint density at radius 3 is 1.59 bits per heavy atom. The summed E-state index contributed by atoms with van der Waals surface area (Å²) in [5.74, 6) is 0. The fraction of sp³-hybridized carbons (Fsp3) is 0.636. The minimum Gasteiger partial charge on any atom is -0.744 e. The second-order valence-corrected chi connectivity index (χ2v) is 13.2. The van der Waals surface area contributed by atoms with Crippen molar-refractivity contribution < 1.29 is 22.4 Å². The lowest BCUT2D eigenvalue weighted by Gasteiger charge is -2.30. The van der Waals surface area contributed by atoms with E-state index in [2.05, 4.69) is 51.4 Å². The number of rotatable bonds is 21. The van der Waals surface area contributed by atoms with E-state index >= 15 is 0 Å². The zero-order chi connectivity index (χ0) is 30.4. The van der Waals surface area contributed by atoms with Gasteiger partial charge in [0, 0.05) is 17.7 Å². The fourth-order valence-corrected chi connectivity index (χ4v) is 5.51. The Hall–Kier alpha value is -2.29. The molecule has 2 rings (SSSR count). The molecule has 0 aliphatic carbocycles. The first kappa shape index (κ1) is 36.7. The highest BCUT2D eigenvalue weighted by atomic mass is 32.2. The molecular formula is C33H54N2O5S. The predicted octanol–water partition coefficient (Wildman–Crippen LogP) is 9.02. The number of hydrogen-bond acceptors (Lipinski definition) is 5. The zero-order valence-corrected chi connectivity index (χ0v) is 26.6. The highest BCUT2D eigenvalue weighted by Gasteiger charge is 2.15. The summed E-state index contributed by atoms with van der Waals surface area (Å²) in [6, 6.07) is 14.9. The number of nitrogens with zero attached hydrogens (tertiary/aromatic N) is 2. The Labute approximate surface area is 249 Å². The molecule has 2 aromatic carbocycles. The van der Waals surface area contributed by atoms with Gasteiger partial charge >= 0.3 is 0 Å². The van der Waals surface area contributed by atoms with Crippen molar-refractivity contribution in [1.82, 2.24) is 0 Å². The van der Waals surface area contributed by atoms with Crippen molar-refractivity contribution in [2.75, 3.05) is 20.6 Å². The van der Waals surface area contributed by atoms with Gasteiger partial charge in [0.2, 0.25) is 0 Å². The number of hydrogen-bond donors (Lipinski definition) is 0. The molecule has 0 aromatic heterocycles. The smallest absolute Gasteiger partial charge is 0.270 e. The normalized spacial score (nSPS) is 11.6. The molecule has 0 amide bonds. The van der Waals surface area contributed by atoms with Crippen molar-refractivity contribution in [3.8, 4) is 0 Å². The average molecular weight is 591 g/mol. The maximum absolute atomic E-state index is 10.4. The van der Waals surface area contributed by atoms with Gasteiger partial charge in [0.1, 0.15) is 16.7 Å². The number of benzene rings is 2.